The Kier molecular flexibility index (Phi) is 4.55. The highest BCUT2D eigenvalue weighted by molar-refractivity contribution is 6.33. The standard InChI is InChI=1S/C13H14ClF3N2O/c14-10-2-1-9(13(15,16)17)6-11(10)19-12(20)5-8-3-4-18-7-8/h1-2,6,8,18H,3-5,7H2,(H,19,20). The van der Waals surface area contributed by atoms with E-state index in [1.807, 2.05) is 0 Å². The molecule has 0 saturated carbocycles. The lowest BCUT2D eigenvalue weighted by Crippen LogP contribution is -2.19. The minimum atomic E-state index is -4.46. The van der Waals surface area contributed by atoms with Crippen LogP contribution in [0.15, 0.2) is 18.2 Å². The van der Waals surface area contributed by atoms with Gasteiger partial charge in [-0.15, -0.1) is 0 Å². The molecule has 1 amide bonds. The van der Waals surface area contributed by atoms with Crippen LogP contribution in [0.1, 0.15) is 18.4 Å². The molecular formula is C13H14ClF3N2O. The molecule has 0 aromatic heterocycles. The Morgan fingerprint density at radius 1 is 1.45 bits per heavy atom. The van der Waals surface area contributed by atoms with Crippen LogP contribution < -0.4 is 10.6 Å². The van der Waals surface area contributed by atoms with E-state index in [1.54, 1.807) is 0 Å². The molecule has 3 nitrogen and oxygen atoms in total. The van der Waals surface area contributed by atoms with Crippen molar-refractivity contribution in [2.75, 3.05) is 18.4 Å². The third-order valence-electron chi connectivity index (χ3n) is 3.20. The van der Waals surface area contributed by atoms with Gasteiger partial charge in [-0.3, -0.25) is 4.79 Å². The average Bonchev–Trinajstić information content (AvgIpc) is 2.83. The van der Waals surface area contributed by atoms with Crippen molar-refractivity contribution in [2.24, 2.45) is 5.92 Å². The van der Waals surface area contributed by atoms with Gasteiger partial charge in [-0.25, -0.2) is 0 Å². The lowest BCUT2D eigenvalue weighted by atomic mass is 10.0. The van der Waals surface area contributed by atoms with Crippen LogP contribution >= 0.6 is 11.6 Å². The summed E-state index contributed by atoms with van der Waals surface area (Å²) in [5.74, 6) is -0.0977. The number of benzene rings is 1. The van der Waals surface area contributed by atoms with E-state index in [2.05, 4.69) is 10.6 Å². The largest absolute Gasteiger partial charge is 0.416 e. The number of rotatable bonds is 3. The van der Waals surface area contributed by atoms with Gasteiger partial charge in [0.05, 0.1) is 16.3 Å². The summed E-state index contributed by atoms with van der Waals surface area (Å²) < 4.78 is 37.8. The van der Waals surface area contributed by atoms with Gasteiger partial charge in [0.25, 0.3) is 0 Å². The predicted octanol–water partition coefficient (Wildman–Crippen LogP) is 3.30. The third kappa shape index (κ3) is 3.86. The summed E-state index contributed by atoms with van der Waals surface area (Å²) in [7, 11) is 0. The van der Waals surface area contributed by atoms with Gasteiger partial charge in [0.15, 0.2) is 0 Å². The minimum Gasteiger partial charge on any atom is -0.325 e. The zero-order valence-electron chi connectivity index (χ0n) is 10.6. The first kappa shape index (κ1) is 15.1. The SMILES string of the molecule is O=C(CC1CCNC1)Nc1cc(C(F)(F)F)ccc1Cl. The molecule has 2 rings (SSSR count). The molecule has 0 radical (unpaired) electrons. The maximum atomic E-state index is 12.6. The molecule has 1 aromatic rings. The highest BCUT2D eigenvalue weighted by Crippen LogP contribution is 2.33. The van der Waals surface area contributed by atoms with Crippen LogP contribution in [0.4, 0.5) is 18.9 Å². The molecule has 1 fully saturated rings. The second-order valence-corrected chi connectivity index (χ2v) is 5.21. The molecule has 20 heavy (non-hydrogen) atoms. The zero-order chi connectivity index (χ0) is 14.8. The number of alkyl halides is 3. The second-order valence-electron chi connectivity index (χ2n) is 4.80. The molecule has 7 heteroatoms. The zero-order valence-corrected chi connectivity index (χ0v) is 11.3. The molecule has 2 N–H and O–H groups in total. The number of anilines is 1. The first-order valence-corrected chi connectivity index (χ1v) is 6.61. The number of carbonyl (C=O) groups is 1. The fourth-order valence-corrected chi connectivity index (χ4v) is 2.31. The van der Waals surface area contributed by atoms with Gasteiger partial charge in [-0.05, 0) is 43.6 Å². The number of hydrogen-bond donors (Lipinski definition) is 2. The van der Waals surface area contributed by atoms with Gasteiger partial charge >= 0.3 is 6.18 Å². The molecule has 1 aromatic carbocycles. The van der Waals surface area contributed by atoms with Gasteiger partial charge in [0.2, 0.25) is 5.91 Å². The van der Waals surface area contributed by atoms with E-state index < -0.39 is 11.7 Å². The summed E-state index contributed by atoms with van der Waals surface area (Å²) in [6.07, 6.45) is -3.29. The first-order chi connectivity index (χ1) is 9.36. The van der Waals surface area contributed by atoms with Crippen molar-refractivity contribution >= 4 is 23.2 Å². The van der Waals surface area contributed by atoms with Gasteiger partial charge in [-0.2, -0.15) is 13.2 Å². The third-order valence-corrected chi connectivity index (χ3v) is 3.53. The molecule has 1 heterocycles. The van der Waals surface area contributed by atoms with E-state index in [0.717, 1.165) is 37.7 Å². The Balaban J connectivity index is 2.06. The van der Waals surface area contributed by atoms with E-state index in [9.17, 15) is 18.0 Å². The number of halogens is 4. The monoisotopic (exact) mass is 306 g/mol. The van der Waals surface area contributed by atoms with E-state index in [1.165, 1.54) is 0 Å². The molecule has 0 bridgehead atoms. The molecule has 1 unspecified atom stereocenters. The van der Waals surface area contributed by atoms with Crippen molar-refractivity contribution in [3.8, 4) is 0 Å². The Bertz CT molecular complexity index is 499. The lowest BCUT2D eigenvalue weighted by Gasteiger charge is -2.13. The summed E-state index contributed by atoms with van der Waals surface area (Å²) >= 11 is 5.81. The second kappa shape index (κ2) is 6.01. The van der Waals surface area contributed by atoms with E-state index in [0.29, 0.717) is 0 Å². The molecule has 1 atom stereocenters. The van der Waals surface area contributed by atoms with Crippen molar-refractivity contribution in [2.45, 2.75) is 19.0 Å². The lowest BCUT2D eigenvalue weighted by molar-refractivity contribution is -0.137. The highest BCUT2D eigenvalue weighted by Gasteiger charge is 2.31. The van der Waals surface area contributed by atoms with Gasteiger partial charge in [0.1, 0.15) is 0 Å². The number of hydrogen-bond acceptors (Lipinski definition) is 2. The normalized spacial score (nSPS) is 19.1. The number of carbonyl (C=O) groups excluding carboxylic acids is 1. The molecular weight excluding hydrogens is 293 g/mol. The van der Waals surface area contributed by atoms with E-state index in [4.69, 9.17) is 11.6 Å². The summed E-state index contributed by atoms with van der Waals surface area (Å²) in [5, 5.41) is 5.67. The predicted molar refractivity (Wildman–Crippen MR) is 70.7 cm³/mol. The van der Waals surface area contributed by atoms with Gasteiger partial charge in [-0.1, -0.05) is 11.6 Å². The van der Waals surface area contributed by atoms with Crippen molar-refractivity contribution in [1.29, 1.82) is 0 Å². The molecule has 1 aliphatic rings. The molecule has 1 aliphatic heterocycles. The maximum absolute atomic E-state index is 12.6. The Morgan fingerprint density at radius 3 is 2.80 bits per heavy atom. The smallest absolute Gasteiger partial charge is 0.325 e. The van der Waals surface area contributed by atoms with Crippen molar-refractivity contribution in [3.05, 3.63) is 28.8 Å². The molecule has 1 saturated heterocycles. The average molecular weight is 307 g/mol. The fraction of sp³-hybridized carbons (Fsp3) is 0.462. The molecule has 0 aliphatic carbocycles. The fourth-order valence-electron chi connectivity index (χ4n) is 2.15. The van der Waals surface area contributed by atoms with Crippen LogP contribution in [-0.2, 0) is 11.0 Å². The quantitative estimate of drug-likeness (QED) is 0.899. The topological polar surface area (TPSA) is 41.1 Å². The molecule has 0 spiro atoms. The van der Waals surface area contributed by atoms with Crippen LogP contribution in [0.5, 0.6) is 0 Å². The van der Waals surface area contributed by atoms with Gasteiger partial charge < -0.3 is 10.6 Å². The summed E-state index contributed by atoms with van der Waals surface area (Å²) in [6, 6.07) is 2.88. The Hall–Kier alpha value is -1.27. The van der Waals surface area contributed by atoms with Crippen molar-refractivity contribution in [3.63, 3.8) is 0 Å². The van der Waals surface area contributed by atoms with Crippen LogP contribution in [0.2, 0.25) is 5.02 Å². The van der Waals surface area contributed by atoms with Crippen LogP contribution in [0, 0.1) is 5.92 Å². The van der Waals surface area contributed by atoms with E-state index >= 15 is 0 Å². The Morgan fingerprint density at radius 2 is 2.20 bits per heavy atom. The van der Waals surface area contributed by atoms with E-state index in [-0.39, 0.29) is 29.0 Å². The van der Waals surface area contributed by atoms with Crippen molar-refractivity contribution in [1.82, 2.24) is 5.32 Å². The highest BCUT2D eigenvalue weighted by atomic mass is 35.5. The van der Waals surface area contributed by atoms with Gasteiger partial charge in [0, 0.05) is 6.42 Å². The summed E-state index contributed by atoms with van der Waals surface area (Å²) in [6.45, 7) is 1.62. The van der Waals surface area contributed by atoms with Crippen LogP contribution in [0.3, 0.4) is 0 Å². The molecule has 110 valence electrons. The van der Waals surface area contributed by atoms with Crippen LogP contribution in [0.25, 0.3) is 0 Å². The van der Waals surface area contributed by atoms with Crippen LogP contribution in [-0.4, -0.2) is 19.0 Å². The Labute approximate surface area is 119 Å². The summed E-state index contributed by atoms with van der Waals surface area (Å²) in [4.78, 5) is 11.8. The summed E-state index contributed by atoms with van der Waals surface area (Å²) in [5.41, 5.74) is -0.836. The number of amides is 1. The van der Waals surface area contributed by atoms with Crippen molar-refractivity contribution < 1.29 is 18.0 Å². The number of nitrogens with one attached hydrogen (secondary N) is 2. The first-order valence-electron chi connectivity index (χ1n) is 6.23. The maximum Gasteiger partial charge on any atom is 0.416 e. The minimum absolute atomic E-state index is 0.00236.